The highest BCUT2D eigenvalue weighted by Crippen LogP contribution is 2.20. The van der Waals surface area contributed by atoms with Crippen molar-refractivity contribution in [3.05, 3.63) is 0 Å². The van der Waals surface area contributed by atoms with Crippen molar-refractivity contribution < 1.29 is 9.53 Å². The molecule has 0 aromatic rings. The molecule has 0 spiro atoms. The topological polar surface area (TPSA) is 38.3 Å². The number of hydrogen-bond donors (Lipinski definition) is 1. The van der Waals surface area contributed by atoms with E-state index in [1.54, 1.807) is 0 Å². The summed E-state index contributed by atoms with van der Waals surface area (Å²) >= 11 is 0. The molecule has 1 aliphatic rings. The monoisotopic (exact) mass is 185 g/mol. The molecule has 0 aromatic carbocycles. The highest BCUT2D eigenvalue weighted by Gasteiger charge is 2.28. The predicted octanol–water partition coefficient (Wildman–Crippen LogP) is 2.31. The maximum absolute atomic E-state index is 11.0. The molecule has 0 saturated carbocycles. The fourth-order valence-corrected chi connectivity index (χ4v) is 1.73. The maximum atomic E-state index is 11.0. The highest BCUT2D eigenvalue weighted by molar-refractivity contribution is 5.68. The number of rotatable bonds is 4. The van der Waals surface area contributed by atoms with Crippen LogP contribution < -0.4 is 5.32 Å². The summed E-state index contributed by atoms with van der Waals surface area (Å²) in [5.41, 5.74) is 0. The number of ether oxygens (including phenoxy) is 1. The maximum Gasteiger partial charge on any atom is 0.407 e. The molecule has 1 amide bonds. The zero-order valence-electron chi connectivity index (χ0n) is 8.51. The molecule has 76 valence electrons. The van der Waals surface area contributed by atoms with Crippen LogP contribution in [0.2, 0.25) is 0 Å². The second-order valence-corrected chi connectivity index (χ2v) is 3.64. The average Bonchev–Trinajstić information content (AvgIpc) is 2.15. The lowest BCUT2D eigenvalue weighted by molar-refractivity contribution is 0.0295. The van der Waals surface area contributed by atoms with E-state index in [0.29, 0.717) is 5.92 Å². The van der Waals surface area contributed by atoms with Crippen molar-refractivity contribution in [2.24, 2.45) is 5.92 Å². The number of alkyl carbamates (subject to hydrolysis) is 1. The van der Waals surface area contributed by atoms with Crippen molar-refractivity contribution >= 4 is 6.09 Å². The zero-order valence-corrected chi connectivity index (χ0v) is 8.51. The lowest BCUT2D eigenvalue weighted by Crippen LogP contribution is -2.44. The molecule has 0 radical (unpaired) electrons. The van der Waals surface area contributed by atoms with Crippen LogP contribution >= 0.6 is 0 Å². The summed E-state index contributed by atoms with van der Waals surface area (Å²) < 4.78 is 5.24. The lowest BCUT2D eigenvalue weighted by atomic mass is 9.94. The van der Waals surface area contributed by atoms with Crippen molar-refractivity contribution in [3.8, 4) is 0 Å². The molecule has 1 rings (SSSR count). The fourth-order valence-electron chi connectivity index (χ4n) is 1.73. The molecular formula is C10H19NO2. The van der Waals surface area contributed by atoms with Gasteiger partial charge in [0.1, 0.15) is 6.10 Å². The Hall–Kier alpha value is -0.730. The van der Waals surface area contributed by atoms with Gasteiger partial charge in [-0.1, -0.05) is 26.7 Å². The van der Waals surface area contributed by atoms with Crippen LogP contribution in [0.5, 0.6) is 0 Å². The lowest BCUT2D eigenvalue weighted by Gasteiger charge is -2.31. The van der Waals surface area contributed by atoms with E-state index in [2.05, 4.69) is 19.2 Å². The minimum atomic E-state index is -0.245. The second kappa shape index (κ2) is 5.10. The van der Waals surface area contributed by atoms with Gasteiger partial charge in [-0.05, 0) is 12.8 Å². The van der Waals surface area contributed by atoms with E-state index in [0.717, 1.165) is 32.2 Å². The molecule has 1 saturated heterocycles. The zero-order chi connectivity index (χ0) is 9.68. The molecule has 0 unspecified atom stereocenters. The molecule has 1 aliphatic heterocycles. The van der Waals surface area contributed by atoms with Crippen LogP contribution in [-0.2, 0) is 4.74 Å². The Labute approximate surface area is 79.8 Å². The largest absolute Gasteiger partial charge is 0.446 e. The average molecular weight is 185 g/mol. The van der Waals surface area contributed by atoms with Crippen LogP contribution in [0.1, 0.15) is 39.5 Å². The standard InChI is InChI=1S/C10H19NO2/c1-3-5-6-9-8(4-2)7-11-10(12)13-9/h8-9H,3-7H2,1-2H3,(H,11,12)/t8-,9-/m0/s1. The SMILES string of the molecule is CCCC[C@@H]1OC(=O)NC[C@@H]1CC. The summed E-state index contributed by atoms with van der Waals surface area (Å²) in [5, 5.41) is 2.73. The van der Waals surface area contributed by atoms with Crippen LogP contribution in [-0.4, -0.2) is 18.7 Å². The Kier molecular flexibility index (Phi) is 4.06. The summed E-state index contributed by atoms with van der Waals surface area (Å²) in [6.07, 6.45) is 4.31. The van der Waals surface area contributed by atoms with Gasteiger partial charge in [0.25, 0.3) is 0 Å². The van der Waals surface area contributed by atoms with Crippen LogP contribution in [0.3, 0.4) is 0 Å². The minimum Gasteiger partial charge on any atom is -0.446 e. The van der Waals surface area contributed by atoms with E-state index < -0.39 is 0 Å². The number of cyclic esters (lactones) is 1. The van der Waals surface area contributed by atoms with Crippen LogP contribution in [0, 0.1) is 5.92 Å². The number of hydrogen-bond acceptors (Lipinski definition) is 2. The molecule has 3 heteroatoms. The first-order valence-corrected chi connectivity index (χ1v) is 5.22. The van der Waals surface area contributed by atoms with E-state index in [9.17, 15) is 4.79 Å². The van der Waals surface area contributed by atoms with Crippen molar-refractivity contribution in [1.29, 1.82) is 0 Å². The van der Waals surface area contributed by atoms with Gasteiger partial charge in [0.2, 0.25) is 0 Å². The van der Waals surface area contributed by atoms with Gasteiger partial charge < -0.3 is 10.1 Å². The number of carbonyl (C=O) groups excluding carboxylic acids is 1. The first-order chi connectivity index (χ1) is 6.27. The molecule has 1 heterocycles. The molecule has 13 heavy (non-hydrogen) atoms. The normalized spacial score (nSPS) is 28.0. The molecule has 0 aromatic heterocycles. The van der Waals surface area contributed by atoms with Crippen LogP contribution in [0.15, 0.2) is 0 Å². The van der Waals surface area contributed by atoms with Gasteiger partial charge in [0, 0.05) is 12.5 Å². The Morgan fingerprint density at radius 3 is 2.92 bits per heavy atom. The molecule has 2 atom stereocenters. The van der Waals surface area contributed by atoms with Gasteiger partial charge in [0.05, 0.1) is 0 Å². The van der Waals surface area contributed by atoms with Gasteiger partial charge >= 0.3 is 6.09 Å². The molecule has 1 N–H and O–H groups in total. The van der Waals surface area contributed by atoms with Crippen molar-refractivity contribution in [2.45, 2.75) is 45.6 Å². The Morgan fingerprint density at radius 1 is 1.54 bits per heavy atom. The van der Waals surface area contributed by atoms with Crippen molar-refractivity contribution in [3.63, 3.8) is 0 Å². The van der Waals surface area contributed by atoms with E-state index in [4.69, 9.17) is 4.74 Å². The Balaban J connectivity index is 2.39. The van der Waals surface area contributed by atoms with E-state index >= 15 is 0 Å². The minimum absolute atomic E-state index is 0.152. The fraction of sp³-hybridized carbons (Fsp3) is 0.900. The quantitative estimate of drug-likeness (QED) is 0.730. The Bertz CT molecular complexity index is 170. The van der Waals surface area contributed by atoms with E-state index in [1.807, 2.05) is 0 Å². The number of unbranched alkanes of at least 4 members (excludes halogenated alkanes) is 1. The van der Waals surface area contributed by atoms with Gasteiger partial charge in [-0.25, -0.2) is 4.79 Å². The first kappa shape index (κ1) is 10.4. The van der Waals surface area contributed by atoms with Gasteiger partial charge in [-0.2, -0.15) is 0 Å². The molecule has 3 nitrogen and oxygen atoms in total. The van der Waals surface area contributed by atoms with Gasteiger partial charge in [-0.3, -0.25) is 0 Å². The summed E-state index contributed by atoms with van der Waals surface area (Å²) in [7, 11) is 0. The van der Waals surface area contributed by atoms with Crippen molar-refractivity contribution in [2.75, 3.05) is 6.54 Å². The van der Waals surface area contributed by atoms with Gasteiger partial charge in [-0.15, -0.1) is 0 Å². The molecule has 0 bridgehead atoms. The summed E-state index contributed by atoms with van der Waals surface area (Å²) in [6.45, 7) is 5.08. The second-order valence-electron chi connectivity index (χ2n) is 3.64. The third-order valence-corrected chi connectivity index (χ3v) is 2.66. The van der Waals surface area contributed by atoms with Crippen LogP contribution in [0.4, 0.5) is 4.79 Å². The number of carbonyl (C=O) groups is 1. The van der Waals surface area contributed by atoms with E-state index in [1.165, 1.54) is 0 Å². The Morgan fingerprint density at radius 2 is 2.31 bits per heavy atom. The van der Waals surface area contributed by atoms with E-state index in [-0.39, 0.29) is 12.2 Å². The third kappa shape index (κ3) is 2.90. The smallest absolute Gasteiger partial charge is 0.407 e. The predicted molar refractivity (Wildman–Crippen MR) is 51.6 cm³/mol. The summed E-state index contributed by atoms with van der Waals surface area (Å²) in [6, 6.07) is 0. The molecular weight excluding hydrogens is 166 g/mol. The molecule has 0 aliphatic carbocycles. The van der Waals surface area contributed by atoms with Crippen LogP contribution in [0.25, 0.3) is 0 Å². The van der Waals surface area contributed by atoms with Gasteiger partial charge in [0.15, 0.2) is 0 Å². The number of nitrogens with one attached hydrogen (secondary N) is 1. The highest BCUT2D eigenvalue weighted by atomic mass is 16.6. The summed E-state index contributed by atoms with van der Waals surface area (Å²) in [5.74, 6) is 0.504. The van der Waals surface area contributed by atoms with Crippen molar-refractivity contribution in [1.82, 2.24) is 5.32 Å². The third-order valence-electron chi connectivity index (χ3n) is 2.66. The number of amides is 1. The molecule has 1 fully saturated rings. The summed E-state index contributed by atoms with van der Waals surface area (Å²) in [4.78, 5) is 11.0. The first-order valence-electron chi connectivity index (χ1n) is 5.22.